The lowest BCUT2D eigenvalue weighted by atomic mass is 9.95. The molecule has 3 rings (SSSR count). The Balaban J connectivity index is 1.70. The van der Waals surface area contributed by atoms with E-state index < -0.39 is 5.97 Å². The lowest BCUT2D eigenvalue weighted by Gasteiger charge is -2.10. The van der Waals surface area contributed by atoms with Gasteiger partial charge in [0.1, 0.15) is 23.8 Å². The molecule has 1 unspecified atom stereocenters. The fourth-order valence-corrected chi connectivity index (χ4v) is 2.81. The molecular formula is C21H21FN4O3. The van der Waals surface area contributed by atoms with Gasteiger partial charge in [-0.05, 0) is 17.2 Å². The third-order valence-electron chi connectivity index (χ3n) is 4.41. The Kier molecular flexibility index (Phi) is 6.23. The number of nitrogens with zero attached hydrogens (tertiary/aromatic N) is 2. The minimum Gasteiger partial charge on any atom is -0.480 e. The number of hydrogen-bond acceptors (Lipinski definition) is 4. The van der Waals surface area contributed by atoms with Crippen LogP contribution in [-0.4, -0.2) is 28.7 Å². The standard InChI is InChI=1S/C21H21FN4O3/c1-13(15-7-8-17(18(22)9-15)14-5-3-2-4-6-14)19-10-16(26-29-19)11-24-21(23)25-12-20(27)28/h2-10,13H,11-12H2,1H3,(H,27,28)(H3,23,24,25). The number of guanidine groups is 1. The van der Waals surface area contributed by atoms with Crippen molar-refractivity contribution in [3.05, 3.63) is 77.4 Å². The molecule has 3 aromatic rings. The Morgan fingerprint density at radius 1 is 1.28 bits per heavy atom. The van der Waals surface area contributed by atoms with Gasteiger partial charge in [0.2, 0.25) is 0 Å². The maximum absolute atomic E-state index is 14.6. The Morgan fingerprint density at radius 3 is 2.72 bits per heavy atom. The van der Waals surface area contributed by atoms with Gasteiger partial charge in [0, 0.05) is 17.5 Å². The molecule has 150 valence electrons. The zero-order valence-corrected chi connectivity index (χ0v) is 15.8. The van der Waals surface area contributed by atoms with Gasteiger partial charge >= 0.3 is 5.97 Å². The summed E-state index contributed by atoms with van der Waals surface area (Å²) >= 11 is 0. The van der Waals surface area contributed by atoms with Gasteiger partial charge in [-0.3, -0.25) is 4.79 Å². The first kappa shape index (κ1) is 20.1. The minimum absolute atomic E-state index is 0.00331. The number of benzene rings is 2. The lowest BCUT2D eigenvalue weighted by molar-refractivity contribution is -0.135. The van der Waals surface area contributed by atoms with Crippen LogP contribution in [0.1, 0.15) is 29.9 Å². The summed E-state index contributed by atoms with van der Waals surface area (Å²) in [4.78, 5) is 14.5. The van der Waals surface area contributed by atoms with Crippen molar-refractivity contribution < 1.29 is 18.8 Å². The highest BCUT2D eigenvalue weighted by Gasteiger charge is 2.16. The monoisotopic (exact) mass is 396 g/mol. The smallest absolute Gasteiger partial charge is 0.322 e. The SMILES string of the molecule is CC(c1ccc(-c2ccccc2)c(F)c1)c1cc(CN=C(N)NCC(=O)O)no1. The number of nitrogens with two attached hydrogens (primary N) is 1. The first-order valence-electron chi connectivity index (χ1n) is 9.00. The number of aromatic nitrogens is 1. The molecule has 1 atom stereocenters. The van der Waals surface area contributed by atoms with E-state index in [0.717, 1.165) is 11.1 Å². The predicted octanol–water partition coefficient (Wildman–Crippen LogP) is 3.12. The van der Waals surface area contributed by atoms with Crippen molar-refractivity contribution in [3.8, 4) is 11.1 Å². The summed E-state index contributed by atoms with van der Waals surface area (Å²) < 4.78 is 20.0. The van der Waals surface area contributed by atoms with E-state index in [1.165, 1.54) is 6.07 Å². The molecule has 0 radical (unpaired) electrons. The van der Waals surface area contributed by atoms with Crippen LogP contribution in [0.25, 0.3) is 11.1 Å². The van der Waals surface area contributed by atoms with Crippen molar-refractivity contribution >= 4 is 11.9 Å². The van der Waals surface area contributed by atoms with E-state index in [2.05, 4.69) is 15.5 Å². The number of rotatable bonds is 7. The van der Waals surface area contributed by atoms with E-state index in [0.29, 0.717) is 17.0 Å². The van der Waals surface area contributed by atoms with Crippen LogP contribution in [0.2, 0.25) is 0 Å². The second-order valence-electron chi connectivity index (χ2n) is 6.50. The van der Waals surface area contributed by atoms with Crippen LogP contribution in [0.3, 0.4) is 0 Å². The van der Waals surface area contributed by atoms with Crippen molar-refractivity contribution in [2.75, 3.05) is 6.54 Å². The number of carboxylic acid groups (broad SMARTS) is 1. The van der Waals surface area contributed by atoms with Crippen LogP contribution < -0.4 is 11.1 Å². The quantitative estimate of drug-likeness (QED) is 0.418. The summed E-state index contributed by atoms with van der Waals surface area (Å²) in [6.07, 6.45) is 0. The number of aliphatic imine (C=N–C) groups is 1. The second kappa shape index (κ2) is 9.01. The molecule has 2 aromatic carbocycles. The van der Waals surface area contributed by atoms with E-state index in [4.69, 9.17) is 15.4 Å². The Labute approximate surface area is 167 Å². The molecule has 0 bridgehead atoms. The highest BCUT2D eigenvalue weighted by Crippen LogP contribution is 2.29. The van der Waals surface area contributed by atoms with Crippen LogP contribution in [0.5, 0.6) is 0 Å². The average molecular weight is 396 g/mol. The average Bonchev–Trinajstić information content (AvgIpc) is 3.19. The molecule has 0 amide bonds. The highest BCUT2D eigenvalue weighted by atomic mass is 19.1. The number of hydrogen-bond donors (Lipinski definition) is 3. The molecule has 0 saturated carbocycles. The van der Waals surface area contributed by atoms with Gasteiger partial charge in [0.05, 0.1) is 6.54 Å². The highest BCUT2D eigenvalue weighted by molar-refractivity contribution is 5.82. The van der Waals surface area contributed by atoms with Crippen LogP contribution >= 0.6 is 0 Å². The molecular weight excluding hydrogens is 375 g/mol. The number of aliphatic carboxylic acids is 1. The summed E-state index contributed by atoms with van der Waals surface area (Å²) in [6.45, 7) is 1.71. The first-order chi connectivity index (χ1) is 13.9. The lowest BCUT2D eigenvalue weighted by Crippen LogP contribution is -2.35. The molecule has 0 aliphatic heterocycles. The molecule has 29 heavy (non-hydrogen) atoms. The summed E-state index contributed by atoms with van der Waals surface area (Å²) in [5, 5.41) is 15.0. The van der Waals surface area contributed by atoms with Crippen molar-refractivity contribution in [2.45, 2.75) is 19.4 Å². The van der Waals surface area contributed by atoms with Gasteiger partial charge in [-0.1, -0.05) is 54.5 Å². The van der Waals surface area contributed by atoms with Gasteiger partial charge in [-0.2, -0.15) is 0 Å². The van der Waals surface area contributed by atoms with Gasteiger partial charge in [-0.15, -0.1) is 0 Å². The normalized spacial score (nSPS) is 12.6. The number of halogens is 1. The molecule has 0 spiro atoms. The van der Waals surface area contributed by atoms with Crippen LogP contribution in [0.15, 0.2) is 64.1 Å². The molecule has 0 saturated heterocycles. The van der Waals surface area contributed by atoms with E-state index in [-0.39, 0.29) is 30.8 Å². The van der Waals surface area contributed by atoms with E-state index in [9.17, 15) is 9.18 Å². The predicted molar refractivity (Wildman–Crippen MR) is 107 cm³/mol. The summed E-state index contributed by atoms with van der Waals surface area (Å²) in [5.41, 5.74) is 8.24. The zero-order valence-electron chi connectivity index (χ0n) is 15.8. The maximum atomic E-state index is 14.6. The van der Waals surface area contributed by atoms with E-state index >= 15 is 0 Å². The number of nitrogens with one attached hydrogen (secondary N) is 1. The number of carbonyl (C=O) groups is 1. The van der Waals surface area contributed by atoms with E-state index in [1.807, 2.05) is 43.3 Å². The van der Waals surface area contributed by atoms with E-state index in [1.54, 1.807) is 12.1 Å². The first-order valence-corrected chi connectivity index (χ1v) is 9.00. The fraction of sp³-hybridized carbons (Fsp3) is 0.190. The van der Waals surface area contributed by atoms with Gasteiger partial charge in [0.15, 0.2) is 5.96 Å². The summed E-state index contributed by atoms with van der Waals surface area (Å²) in [5.74, 6) is -0.974. The van der Waals surface area contributed by atoms with Crippen LogP contribution in [0, 0.1) is 5.82 Å². The molecule has 4 N–H and O–H groups in total. The molecule has 0 aliphatic rings. The van der Waals surface area contributed by atoms with Crippen molar-refractivity contribution in [1.82, 2.24) is 10.5 Å². The topological polar surface area (TPSA) is 114 Å². The van der Waals surface area contributed by atoms with Gasteiger partial charge < -0.3 is 20.7 Å². The third-order valence-corrected chi connectivity index (χ3v) is 4.41. The fourth-order valence-electron chi connectivity index (χ4n) is 2.81. The molecule has 1 aromatic heterocycles. The molecule has 0 aliphatic carbocycles. The maximum Gasteiger partial charge on any atom is 0.322 e. The minimum atomic E-state index is -1.04. The summed E-state index contributed by atoms with van der Waals surface area (Å²) in [6, 6.07) is 16.2. The Bertz CT molecular complexity index is 1020. The van der Waals surface area contributed by atoms with Crippen molar-refractivity contribution in [1.29, 1.82) is 0 Å². The largest absolute Gasteiger partial charge is 0.480 e. The van der Waals surface area contributed by atoms with Gasteiger partial charge in [-0.25, -0.2) is 9.38 Å². The molecule has 1 heterocycles. The Morgan fingerprint density at radius 2 is 2.03 bits per heavy atom. The van der Waals surface area contributed by atoms with Crippen LogP contribution in [-0.2, 0) is 11.3 Å². The molecule has 8 heteroatoms. The summed E-state index contributed by atoms with van der Waals surface area (Å²) in [7, 11) is 0. The third kappa shape index (κ3) is 5.19. The second-order valence-corrected chi connectivity index (χ2v) is 6.50. The zero-order chi connectivity index (χ0) is 20.8. The van der Waals surface area contributed by atoms with Crippen molar-refractivity contribution in [3.63, 3.8) is 0 Å². The molecule has 0 fully saturated rings. The van der Waals surface area contributed by atoms with Crippen molar-refractivity contribution in [2.24, 2.45) is 10.7 Å². The number of carboxylic acids is 1. The van der Waals surface area contributed by atoms with Gasteiger partial charge in [0.25, 0.3) is 0 Å². The molecule has 7 nitrogen and oxygen atoms in total. The Hall–Kier alpha value is -3.68. The van der Waals surface area contributed by atoms with Crippen LogP contribution in [0.4, 0.5) is 4.39 Å².